The molecule has 0 radical (unpaired) electrons. The Kier molecular flexibility index (Phi) is 6.67. The van der Waals surface area contributed by atoms with E-state index in [2.05, 4.69) is 89.1 Å². The summed E-state index contributed by atoms with van der Waals surface area (Å²) in [6.45, 7) is 0. The Hall–Kier alpha value is -4.36. The van der Waals surface area contributed by atoms with Crippen LogP contribution in [-0.4, -0.2) is 42.7 Å². The molecule has 2 aliphatic heterocycles. The first kappa shape index (κ1) is 24.9. The maximum atomic E-state index is 12.7. The number of anilines is 1. The predicted octanol–water partition coefficient (Wildman–Crippen LogP) is 6.67. The van der Waals surface area contributed by atoms with Gasteiger partial charge in [-0.3, -0.25) is 0 Å². The number of carbonyl (C=O) groups excluding carboxylic acids is 1. The van der Waals surface area contributed by atoms with E-state index in [1.165, 1.54) is 22.5 Å². The number of hydrogen-bond acceptors (Lipinski definition) is 5. The van der Waals surface area contributed by atoms with Crippen LogP contribution in [0.2, 0.25) is 0 Å². The van der Waals surface area contributed by atoms with Crippen molar-refractivity contribution in [2.75, 3.05) is 26.1 Å². The topological polar surface area (TPSA) is 56.9 Å². The van der Waals surface area contributed by atoms with Gasteiger partial charge in [-0.25, -0.2) is 4.79 Å². The lowest BCUT2D eigenvalue weighted by Gasteiger charge is -2.12. The monoisotopic (exact) mass is 533 g/mol. The maximum absolute atomic E-state index is 12.7. The highest BCUT2D eigenvalue weighted by Crippen LogP contribution is 2.35. The van der Waals surface area contributed by atoms with Gasteiger partial charge in [0.2, 0.25) is 0 Å². The van der Waals surface area contributed by atoms with Gasteiger partial charge >= 0.3 is 11.1 Å². The van der Waals surface area contributed by atoms with Gasteiger partial charge in [0, 0.05) is 43.5 Å². The van der Waals surface area contributed by atoms with E-state index in [0.717, 1.165) is 38.7 Å². The standard InChI is InChI=1S/C32H28N4O2S/c1-35(2)26-14-8-21(9-15-26)18-30-31(33-32(37)39-30)36-29(23-12-16-27(38-3)17-13-23)20-28(34-36)25-11-10-22-6-4-5-7-24(22)19-25/h4-19,29H,20H2,1-3H3/p+1/b30-18-/t29-/m0/s1. The minimum Gasteiger partial charge on any atom is -0.497 e. The minimum absolute atomic E-state index is 0.0779. The molecule has 0 aliphatic carbocycles. The number of hydrogen-bond donors (Lipinski definition) is 1. The molecule has 2 aliphatic rings. The van der Waals surface area contributed by atoms with E-state index in [0.29, 0.717) is 12.3 Å². The molecule has 4 aromatic carbocycles. The number of nitrogens with zero attached hydrogens (tertiary/aromatic N) is 3. The van der Waals surface area contributed by atoms with Crippen molar-refractivity contribution in [2.24, 2.45) is 5.10 Å². The van der Waals surface area contributed by atoms with Crippen molar-refractivity contribution in [1.29, 1.82) is 0 Å². The molecule has 1 saturated heterocycles. The summed E-state index contributed by atoms with van der Waals surface area (Å²) in [6, 6.07) is 31.1. The summed E-state index contributed by atoms with van der Waals surface area (Å²) in [4.78, 5) is 15.6. The molecule has 6 nitrogen and oxygen atoms in total. The largest absolute Gasteiger partial charge is 0.497 e. The molecule has 1 N–H and O–H groups in total. The van der Waals surface area contributed by atoms with Crippen molar-refractivity contribution in [3.8, 4) is 5.75 Å². The van der Waals surface area contributed by atoms with Gasteiger partial charge in [0.1, 0.15) is 10.7 Å². The van der Waals surface area contributed by atoms with Gasteiger partial charge in [0.25, 0.3) is 0 Å². The third kappa shape index (κ3) is 5.05. The van der Waals surface area contributed by atoms with Gasteiger partial charge in [0.05, 0.1) is 12.8 Å². The van der Waals surface area contributed by atoms with Gasteiger partial charge in [-0.1, -0.05) is 65.8 Å². The number of nitrogens with one attached hydrogen (secondary N) is 1. The molecule has 0 aromatic heterocycles. The average molecular weight is 534 g/mol. The quantitative estimate of drug-likeness (QED) is 0.291. The number of ether oxygens (including phenoxy) is 1. The number of amides is 1. The number of rotatable bonds is 5. The summed E-state index contributed by atoms with van der Waals surface area (Å²) in [5.74, 6) is 1.51. The van der Waals surface area contributed by atoms with Crippen molar-refractivity contribution in [3.05, 3.63) is 113 Å². The van der Waals surface area contributed by atoms with Crippen molar-refractivity contribution in [3.63, 3.8) is 0 Å². The van der Waals surface area contributed by atoms with E-state index < -0.39 is 0 Å². The number of methoxy groups -OCH3 is 1. The first-order valence-electron chi connectivity index (χ1n) is 12.8. The zero-order chi connectivity index (χ0) is 26.9. The summed E-state index contributed by atoms with van der Waals surface area (Å²) in [5, 5.41) is 10.5. The lowest BCUT2D eigenvalue weighted by Crippen LogP contribution is -2.29. The molecule has 0 unspecified atom stereocenters. The van der Waals surface area contributed by atoms with Gasteiger partial charge in [-0.2, -0.15) is 5.32 Å². The summed E-state index contributed by atoms with van der Waals surface area (Å²) in [5.41, 5.74) is 5.31. The molecule has 0 saturated carbocycles. The van der Waals surface area contributed by atoms with Gasteiger partial charge < -0.3 is 9.64 Å². The molecule has 0 spiro atoms. The molecule has 7 heteroatoms. The highest BCUT2D eigenvalue weighted by atomic mass is 32.2. The van der Waals surface area contributed by atoms with E-state index in [9.17, 15) is 4.79 Å². The molecule has 1 fully saturated rings. The molecular formula is C32H29N4O2S+. The molecule has 2 heterocycles. The fourth-order valence-corrected chi connectivity index (χ4v) is 5.75. The first-order valence-corrected chi connectivity index (χ1v) is 13.7. The van der Waals surface area contributed by atoms with Crippen LogP contribution in [0.15, 0.2) is 101 Å². The van der Waals surface area contributed by atoms with Crippen LogP contribution in [0, 0.1) is 0 Å². The third-order valence-electron chi connectivity index (χ3n) is 7.09. The van der Waals surface area contributed by atoms with Crippen LogP contribution in [0.1, 0.15) is 29.2 Å². The second-order valence-electron chi connectivity index (χ2n) is 9.80. The number of thioether (sulfide) groups is 1. The third-order valence-corrected chi connectivity index (χ3v) is 7.91. The highest BCUT2D eigenvalue weighted by molar-refractivity contribution is 8.18. The Morgan fingerprint density at radius 3 is 2.44 bits per heavy atom. The number of carbonyl (C=O) groups is 1. The van der Waals surface area contributed by atoms with E-state index in [-0.39, 0.29) is 11.3 Å². The summed E-state index contributed by atoms with van der Waals surface area (Å²) in [7, 11) is 5.71. The predicted molar refractivity (Wildman–Crippen MR) is 161 cm³/mol. The second kappa shape index (κ2) is 10.4. The zero-order valence-electron chi connectivity index (χ0n) is 22.1. The van der Waals surface area contributed by atoms with Crippen LogP contribution < -0.4 is 15.0 Å². The molecular weight excluding hydrogens is 504 g/mol. The Bertz CT molecular complexity index is 1650. The van der Waals surface area contributed by atoms with E-state index in [1.54, 1.807) is 7.11 Å². The average Bonchev–Trinajstić information content (AvgIpc) is 3.56. The summed E-state index contributed by atoms with van der Waals surface area (Å²) < 4.78 is 7.37. The smallest absolute Gasteiger partial charge is 0.372 e. The van der Waals surface area contributed by atoms with Crippen LogP contribution in [0.25, 0.3) is 16.8 Å². The Labute approximate surface area is 232 Å². The Morgan fingerprint density at radius 2 is 1.72 bits per heavy atom. The fraction of sp³-hybridized carbons (Fsp3) is 0.156. The molecule has 1 amide bonds. The van der Waals surface area contributed by atoms with Crippen molar-refractivity contribution in [1.82, 2.24) is 5.32 Å². The highest BCUT2D eigenvalue weighted by Gasteiger charge is 2.40. The lowest BCUT2D eigenvalue weighted by molar-refractivity contribution is -0.568. The molecule has 0 bridgehead atoms. The van der Waals surface area contributed by atoms with E-state index in [4.69, 9.17) is 9.84 Å². The van der Waals surface area contributed by atoms with E-state index >= 15 is 0 Å². The molecule has 39 heavy (non-hydrogen) atoms. The number of amidine groups is 1. The van der Waals surface area contributed by atoms with E-state index in [1.807, 2.05) is 37.0 Å². The van der Waals surface area contributed by atoms with Gasteiger partial charge in [-0.15, -0.1) is 4.68 Å². The van der Waals surface area contributed by atoms with Crippen molar-refractivity contribution >= 4 is 51.1 Å². The molecule has 194 valence electrons. The second-order valence-corrected chi connectivity index (χ2v) is 10.8. The van der Waals surface area contributed by atoms with Gasteiger partial charge in [0.15, 0.2) is 6.04 Å². The minimum atomic E-state index is -0.107. The number of benzene rings is 4. The van der Waals surface area contributed by atoms with Crippen LogP contribution in [-0.2, 0) is 0 Å². The molecule has 4 aromatic rings. The van der Waals surface area contributed by atoms with Gasteiger partial charge in [-0.05, 0) is 58.3 Å². The first-order chi connectivity index (χ1) is 19.0. The maximum Gasteiger partial charge on any atom is 0.372 e. The van der Waals surface area contributed by atoms with Crippen molar-refractivity contribution < 1.29 is 14.2 Å². The summed E-state index contributed by atoms with van der Waals surface area (Å²) >= 11 is 1.20. The van der Waals surface area contributed by atoms with Crippen LogP contribution in [0.3, 0.4) is 0 Å². The number of hydrazone groups is 1. The van der Waals surface area contributed by atoms with Crippen molar-refractivity contribution in [2.45, 2.75) is 12.5 Å². The zero-order valence-corrected chi connectivity index (χ0v) is 22.9. The van der Waals surface area contributed by atoms with Crippen LogP contribution >= 0.6 is 11.8 Å². The summed E-state index contributed by atoms with van der Waals surface area (Å²) in [6.07, 6.45) is 2.76. The normalized spacial score (nSPS) is 19.9. The van der Waals surface area contributed by atoms with Crippen LogP contribution in [0.4, 0.5) is 10.5 Å². The Balaban J connectivity index is 1.46. The number of fused-ring (bicyclic) bond motifs is 1. The lowest BCUT2D eigenvalue weighted by atomic mass is 9.97. The fourth-order valence-electron chi connectivity index (χ4n) is 4.97. The molecule has 6 rings (SSSR count). The SMILES string of the molecule is COc1ccc([C@@H]2CC(c3ccc4ccccc4c3)=N/[N+]2=C2\NC(=O)S\C2=C/c2ccc(N(C)C)cc2)cc1. The van der Waals surface area contributed by atoms with Crippen LogP contribution in [0.5, 0.6) is 5.75 Å². The molecule has 1 atom stereocenters. The Morgan fingerprint density at radius 1 is 0.974 bits per heavy atom.